The number of anilines is 1. The van der Waals surface area contributed by atoms with Gasteiger partial charge in [-0.2, -0.15) is 13.2 Å². The maximum atomic E-state index is 13.0. The lowest BCUT2D eigenvalue weighted by atomic mass is 9.87. The van der Waals surface area contributed by atoms with E-state index in [1.807, 2.05) is 0 Å². The van der Waals surface area contributed by atoms with E-state index in [-0.39, 0.29) is 12.5 Å². The van der Waals surface area contributed by atoms with Gasteiger partial charge >= 0.3 is 6.18 Å². The zero-order valence-electron chi connectivity index (χ0n) is 16.2. The summed E-state index contributed by atoms with van der Waals surface area (Å²) in [4.78, 5) is 27.1. The summed E-state index contributed by atoms with van der Waals surface area (Å²) >= 11 is 6.21. The van der Waals surface area contributed by atoms with E-state index in [2.05, 4.69) is 11.9 Å². The van der Waals surface area contributed by atoms with Crippen LogP contribution in [0, 0.1) is 5.92 Å². The first kappa shape index (κ1) is 21.9. The average molecular weight is 437 g/mol. The highest BCUT2D eigenvalue weighted by molar-refractivity contribution is 6.32. The monoisotopic (exact) mass is 436 g/mol. The molecule has 8 heteroatoms. The molecule has 1 aliphatic rings. The minimum absolute atomic E-state index is 0.233. The standard InChI is InChI=1S/C22H20ClF3N2O2/c1-3-5-15-17(23)6-4-7-18(15)27-20(29)19-16(12-28(2)21(19)30)13-8-10-14(11-9-13)22(24,25)26/h3-4,6-11,16,19H,1,5,12H2,2H3,(H,27,29)/t16-,19+/m1/s1. The molecule has 1 N–H and O–H groups in total. The number of carbonyl (C=O) groups excluding carboxylic acids is 2. The lowest BCUT2D eigenvalue weighted by Crippen LogP contribution is -2.33. The molecule has 3 rings (SSSR count). The second-order valence-electron chi connectivity index (χ2n) is 7.17. The molecule has 4 nitrogen and oxygen atoms in total. The lowest BCUT2D eigenvalue weighted by molar-refractivity contribution is -0.138. The summed E-state index contributed by atoms with van der Waals surface area (Å²) in [7, 11) is 1.56. The van der Waals surface area contributed by atoms with Crippen LogP contribution >= 0.6 is 11.6 Å². The topological polar surface area (TPSA) is 49.4 Å². The van der Waals surface area contributed by atoms with E-state index in [1.165, 1.54) is 17.0 Å². The summed E-state index contributed by atoms with van der Waals surface area (Å²) in [5.41, 5.74) is 0.865. The van der Waals surface area contributed by atoms with Gasteiger partial charge in [-0.1, -0.05) is 35.9 Å². The van der Waals surface area contributed by atoms with Crippen LogP contribution in [0.4, 0.5) is 18.9 Å². The van der Waals surface area contributed by atoms with Gasteiger partial charge in [0.05, 0.1) is 5.56 Å². The molecule has 0 radical (unpaired) electrons. The van der Waals surface area contributed by atoms with E-state index in [1.54, 1.807) is 31.3 Å². The maximum Gasteiger partial charge on any atom is 0.416 e. The number of rotatable bonds is 5. The predicted octanol–water partition coefficient (Wildman–Crippen LogP) is 4.90. The molecule has 0 bridgehead atoms. The Hall–Kier alpha value is -2.80. The zero-order chi connectivity index (χ0) is 22.1. The molecule has 0 unspecified atom stereocenters. The fourth-order valence-corrected chi connectivity index (χ4v) is 3.90. The summed E-state index contributed by atoms with van der Waals surface area (Å²) in [6.07, 6.45) is -2.38. The number of amides is 2. The number of hydrogen-bond acceptors (Lipinski definition) is 2. The van der Waals surface area contributed by atoms with Crippen molar-refractivity contribution < 1.29 is 22.8 Å². The predicted molar refractivity (Wildman–Crippen MR) is 109 cm³/mol. The maximum absolute atomic E-state index is 13.0. The van der Waals surface area contributed by atoms with Gasteiger partial charge < -0.3 is 10.2 Å². The van der Waals surface area contributed by atoms with Crippen molar-refractivity contribution in [2.75, 3.05) is 18.9 Å². The van der Waals surface area contributed by atoms with Crippen LogP contribution in [0.1, 0.15) is 22.6 Å². The summed E-state index contributed by atoms with van der Waals surface area (Å²) in [6, 6.07) is 9.62. The van der Waals surface area contributed by atoms with Crippen molar-refractivity contribution in [2.24, 2.45) is 5.92 Å². The van der Waals surface area contributed by atoms with Crippen molar-refractivity contribution >= 4 is 29.1 Å². The van der Waals surface area contributed by atoms with Crippen LogP contribution in [-0.4, -0.2) is 30.3 Å². The third-order valence-corrected chi connectivity index (χ3v) is 5.54. The number of allylic oxidation sites excluding steroid dienone is 1. The Morgan fingerprint density at radius 2 is 1.93 bits per heavy atom. The van der Waals surface area contributed by atoms with Crippen LogP contribution in [0.15, 0.2) is 55.1 Å². The Labute approximate surface area is 177 Å². The fraction of sp³-hybridized carbons (Fsp3) is 0.273. The molecule has 0 saturated carbocycles. The van der Waals surface area contributed by atoms with Crippen LogP contribution < -0.4 is 5.32 Å². The number of nitrogens with zero attached hydrogens (tertiary/aromatic N) is 1. The quantitative estimate of drug-likeness (QED) is 0.535. The minimum Gasteiger partial charge on any atom is -0.344 e. The Kier molecular flexibility index (Phi) is 6.22. The highest BCUT2D eigenvalue weighted by Gasteiger charge is 2.44. The first-order chi connectivity index (χ1) is 14.1. The smallest absolute Gasteiger partial charge is 0.344 e. The molecule has 1 aliphatic heterocycles. The Morgan fingerprint density at radius 1 is 1.27 bits per heavy atom. The number of carbonyl (C=O) groups is 2. The minimum atomic E-state index is -4.45. The molecule has 0 aliphatic carbocycles. The van der Waals surface area contributed by atoms with Gasteiger partial charge in [-0.05, 0) is 41.8 Å². The second kappa shape index (κ2) is 8.52. The van der Waals surface area contributed by atoms with Crippen molar-refractivity contribution in [1.82, 2.24) is 4.90 Å². The molecular formula is C22H20ClF3N2O2. The molecule has 0 spiro atoms. The largest absolute Gasteiger partial charge is 0.416 e. The summed E-state index contributed by atoms with van der Waals surface area (Å²) in [5.74, 6) is -2.53. The van der Waals surface area contributed by atoms with Crippen LogP contribution in [0.5, 0.6) is 0 Å². The molecule has 1 fully saturated rings. The van der Waals surface area contributed by atoms with Gasteiger partial charge in [0, 0.05) is 30.2 Å². The number of likely N-dealkylation sites (tertiary alicyclic amines) is 1. The molecule has 2 atom stereocenters. The Bertz CT molecular complexity index is 973. The average Bonchev–Trinajstić information content (AvgIpc) is 2.99. The highest BCUT2D eigenvalue weighted by Crippen LogP contribution is 2.36. The lowest BCUT2D eigenvalue weighted by Gasteiger charge is -2.19. The molecule has 0 aromatic heterocycles. The van der Waals surface area contributed by atoms with Gasteiger partial charge in [-0.3, -0.25) is 9.59 Å². The molecule has 1 heterocycles. The number of benzene rings is 2. The van der Waals surface area contributed by atoms with Gasteiger partial charge in [0.2, 0.25) is 11.8 Å². The van der Waals surface area contributed by atoms with E-state index >= 15 is 0 Å². The highest BCUT2D eigenvalue weighted by atomic mass is 35.5. The van der Waals surface area contributed by atoms with Crippen molar-refractivity contribution in [3.63, 3.8) is 0 Å². The van der Waals surface area contributed by atoms with E-state index in [0.717, 1.165) is 12.1 Å². The Morgan fingerprint density at radius 3 is 2.53 bits per heavy atom. The van der Waals surface area contributed by atoms with Gasteiger partial charge in [0.25, 0.3) is 0 Å². The van der Waals surface area contributed by atoms with Crippen molar-refractivity contribution in [2.45, 2.75) is 18.5 Å². The molecule has 2 aromatic rings. The SMILES string of the molecule is C=CCc1c(Cl)cccc1NC(=O)[C@H]1C(=O)N(C)C[C@@H]1c1ccc(C(F)(F)F)cc1. The molecule has 1 saturated heterocycles. The number of alkyl halides is 3. The molecular weight excluding hydrogens is 417 g/mol. The van der Waals surface area contributed by atoms with Crippen molar-refractivity contribution in [3.8, 4) is 0 Å². The number of halogens is 4. The van der Waals surface area contributed by atoms with Crippen molar-refractivity contribution in [1.29, 1.82) is 0 Å². The first-order valence-corrected chi connectivity index (χ1v) is 9.62. The molecule has 2 amide bonds. The number of nitrogens with one attached hydrogen (secondary N) is 1. The van der Waals surface area contributed by atoms with Gasteiger partial charge in [0.1, 0.15) is 5.92 Å². The van der Waals surface area contributed by atoms with Crippen LogP contribution in [0.2, 0.25) is 5.02 Å². The third-order valence-electron chi connectivity index (χ3n) is 5.19. The van der Waals surface area contributed by atoms with E-state index in [0.29, 0.717) is 28.3 Å². The van der Waals surface area contributed by atoms with Crippen molar-refractivity contribution in [3.05, 3.63) is 76.8 Å². The fourth-order valence-electron chi connectivity index (χ4n) is 3.65. The first-order valence-electron chi connectivity index (χ1n) is 9.24. The summed E-state index contributed by atoms with van der Waals surface area (Å²) in [5, 5.41) is 3.23. The van der Waals surface area contributed by atoms with Crippen LogP contribution in [-0.2, 0) is 22.2 Å². The van der Waals surface area contributed by atoms with Gasteiger partial charge in [-0.15, -0.1) is 6.58 Å². The van der Waals surface area contributed by atoms with E-state index in [9.17, 15) is 22.8 Å². The molecule has 158 valence electrons. The normalized spacial score (nSPS) is 19.1. The second-order valence-corrected chi connectivity index (χ2v) is 7.58. The zero-order valence-corrected chi connectivity index (χ0v) is 16.9. The van der Waals surface area contributed by atoms with Crippen LogP contribution in [0.3, 0.4) is 0 Å². The molecule has 2 aromatic carbocycles. The Balaban J connectivity index is 1.89. The summed E-state index contributed by atoms with van der Waals surface area (Å²) < 4.78 is 38.6. The van der Waals surface area contributed by atoms with Crippen LogP contribution in [0.25, 0.3) is 0 Å². The van der Waals surface area contributed by atoms with Gasteiger partial charge in [0.15, 0.2) is 0 Å². The van der Waals surface area contributed by atoms with E-state index in [4.69, 9.17) is 11.6 Å². The van der Waals surface area contributed by atoms with Gasteiger partial charge in [-0.25, -0.2) is 0 Å². The number of likely N-dealkylation sites (N-methyl/N-ethyl adjacent to an activating group) is 1. The van der Waals surface area contributed by atoms with E-state index < -0.39 is 29.5 Å². The number of hydrogen-bond donors (Lipinski definition) is 1. The third kappa shape index (κ3) is 4.36. The summed E-state index contributed by atoms with van der Waals surface area (Å²) in [6.45, 7) is 3.91. The molecule has 30 heavy (non-hydrogen) atoms.